The van der Waals surface area contributed by atoms with Gasteiger partial charge in [0.2, 0.25) is 0 Å². The van der Waals surface area contributed by atoms with Crippen molar-refractivity contribution in [3.8, 4) is 0 Å². The summed E-state index contributed by atoms with van der Waals surface area (Å²) in [4.78, 5) is 9.25. The molecular formula is C14H23N3. The van der Waals surface area contributed by atoms with E-state index < -0.39 is 0 Å². The molecule has 1 fully saturated rings. The van der Waals surface area contributed by atoms with Gasteiger partial charge in [0.1, 0.15) is 0 Å². The lowest BCUT2D eigenvalue weighted by Gasteiger charge is -2.43. The SMILES string of the molecule is Cc1cncc(N2CCN(C(C)(C)C)CC2)c1. The second-order valence-corrected chi connectivity index (χ2v) is 5.87. The maximum absolute atomic E-state index is 4.27. The number of aryl methyl sites for hydroxylation is 1. The largest absolute Gasteiger partial charge is 0.368 e. The minimum atomic E-state index is 0.289. The molecule has 0 aromatic carbocycles. The van der Waals surface area contributed by atoms with Gasteiger partial charge < -0.3 is 4.90 Å². The van der Waals surface area contributed by atoms with E-state index in [9.17, 15) is 0 Å². The van der Waals surface area contributed by atoms with Gasteiger partial charge in [0.05, 0.1) is 11.9 Å². The van der Waals surface area contributed by atoms with Crippen LogP contribution in [0.25, 0.3) is 0 Å². The van der Waals surface area contributed by atoms with E-state index in [4.69, 9.17) is 0 Å². The lowest BCUT2D eigenvalue weighted by atomic mass is 10.0. The van der Waals surface area contributed by atoms with Crippen LogP contribution < -0.4 is 4.90 Å². The van der Waals surface area contributed by atoms with Gasteiger partial charge in [0.15, 0.2) is 0 Å². The Morgan fingerprint density at radius 1 is 1.06 bits per heavy atom. The summed E-state index contributed by atoms with van der Waals surface area (Å²) < 4.78 is 0. The maximum atomic E-state index is 4.27. The van der Waals surface area contributed by atoms with Crippen molar-refractivity contribution < 1.29 is 0 Å². The highest BCUT2D eigenvalue weighted by Crippen LogP contribution is 2.20. The second-order valence-electron chi connectivity index (χ2n) is 5.87. The Balaban J connectivity index is 2.00. The van der Waals surface area contributed by atoms with Crippen molar-refractivity contribution in [2.45, 2.75) is 33.2 Å². The predicted molar refractivity (Wildman–Crippen MR) is 72.5 cm³/mol. The summed E-state index contributed by atoms with van der Waals surface area (Å²) in [6, 6.07) is 2.22. The Labute approximate surface area is 104 Å². The van der Waals surface area contributed by atoms with Gasteiger partial charge in [-0.3, -0.25) is 9.88 Å². The normalized spacial score (nSPS) is 18.5. The molecule has 0 saturated carbocycles. The molecule has 0 radical (unpaired) electrons. The lowest BCUT2D eigenvalue weighted by molar-refractivity contribution is 0.128. The molecule has 1 aliphatic rings. The number of pyridine rings is 1. The number of rotatable bonds is 1. The quantitative estimate of drug-likeness (QED) is 0.742. The van der Waals surface area contributed by atoms with E-state index in [2.05, 4.69) is 48.5 Å². The molecule has 0 aliphatic carbocycles. The standard InChI is InChI=1S/C14H23N3/c1-12-9-13(11-15-10-12)16-5-7-17(8-6-16)14(2,3)4/h9-11H,5-8H2,1-4H3. The molecule has 1 aliphatic heterocycles. The molecule has 1 saturated heterocycles. The first-order valence-corrected chi connectivity index (χ1v) is 6.38. The van der Waals surface area contributed by atoms with Gasteiger partial charge in [-0.25, -0.2) is 0 Å². The van der Waals surface area contributed by atoms with Gasteiger partial charge in [0, 0.05) is 37.9 Å². The zero-order valence-corrected chi connectivity index (χ0v) is 11.4. The third-order valence-electron chi connectivity index (χ3n) is 3.45. The Kier molecular flexibility index (Phi) is 3.38. The zero-order chi connectivity index (χ0) is 12.5. The van der Waals surface area contributed by atoms with Gasteiger partial charge >= 0.3 is 0 Å². The molecule has 2 rings (SSSR count). The molecule has 0 unspecified atom stereocenters. The Hall–Kier alpha value is -1.09. The Bertz CT molecular complexity index is 373. The summed E-state index contributed by atoms with van der Waals surface area (Å²) in [5.74, 6) is 0. The van der Waals surface area contributed by atoms with Crippen LogP contribution in [0.2, 0.25) is 0 Å². The first-order chi connectivity index (χ1) is 7.97. The molecule has 0 spiro atoms. The third kappa shape index (κ3) is 2.97. The molecule has 0 bridgehead atoms. The van der Waals surface area contributed by atoms with Crippen molar-refractivity contribution >= 4 is 5.69 Å². The number of anilines is 1. The number of hydrogen-bond acceptors (Lipinski definition) is 3. The average molecular weight is 233 g/mol. The van der Waals surface area contributed by atoms with Crippen LogP contribution in [0.1, 0.15) is 26.3 Å². The lowest BCUT2D eigenvalue weighted by Crippen LogP contribution is -2.53. The van der Waals surface area contributed by atoms with E-state index >= 15 is 0 Å². The number of aromatic nitrogens is 1. The van der Waals surface area contributed by atoms with Crippen molar-refractivity contribution in [1.82, 2.24) is 9.88 Å². The molecule has 0 N–H and O–H groups in total. The van der Waals surface area contributed by atoms with Crippen LogP contribution >= 0.6 is 0 Å². The fraction of sp³-hybridized carbons (Fsp3) is 0.643. The van der Waals surface area contributed by atoms with Crippen LogP contribution in [-0.4, -0.2) is 41.6 Å². The first-order valence-electron chi connectivity index (χ1n) is 6.38. The van der Waals surface area contributed by atoms with Crippen LogP contribution in [0, 0.1) is 6.92 Å². The van der Waals surface area contributed by atoms with Crippen molar-refractivity contribution in [3.05, 3.63) is 24.0 Å². The molecule has 2 heterocycles. The van der Waals surface area contributed by atoms with Crippen molar-refractivity contribution in [2.75, 3.05) is 31.1 Å². The van der Waals surface area contributed by atoms with Gasteiger partial charge in [0.25, 0.3) is 0 Å². The summed E-state index contributed by atoms with van der Waals surface area (Å²) >= 11 is 0. The highest BCUT2D eigenvalue weighted by molar-refractivity contribution is 5.46. The van der Waals surface area contributed by atoms with Crippen LogP contribution in [0.15, 0.2) is 18.5 Å². The summed E-state index contributed by atoms with van der Waals surface area (Å²) in [6.07, 6.45) is 3.88. The van der Waals surface area contributed by atoms with Crippen LogP contribution in [0.3, 0.4) is 0 Å². The Morgan fingerprint density at radius 3 is 2.24 bits per heavy atom. The topological polar surface area (TPSA) is 19.4 Å². The molecule has 0 atom stereocenters. The number of hydrogen-bond donors (Lipinski definition) is 0. The summed E-state index contributed by atoms with van der Waals surface area (Å²) in [6.45, 7) is 13.4. The molecule has 17 heavy (non-hydrogen) atoms. The van der Waals surface area contributed by atoms with E-state index in [0.717, 1.165) is 26.2 Å². The predicted octanol–water partition coefficient (Wildman–Crippen LogP) is 2.31. The zero-order valence-electron chi connectivity index (χ0n) is 11.4. The van der Waals surface area contributed by atoms with Crippen LogP contribution in [0.5, 0.6) is 0 Å². The van der Waals surface area contributed by atoms with E-state index in [1.165, 1.54) is 11.3 Å². The first kappa shape index (κ1) is 12.4. The minimum Gasteiger partial charge on any atom is -0.368 e. The van der Waals surface area contributed by atoms with E-state index in [0.29, 0.717) is 0 Å². The molecule has 3 nitrogen and oxygen atoms in total. The number of piperazine rings is 1. The molecule has 1 aromatic rings. The minimum absolute atomic E-state index is 0.289. The molecular weight excluding hydrogens is 210 g/mol. The highest BCUT2D eigenvalue weighted by atomic mass is 15.3. The summed E-state index contributed by atoms with van der Waals surface area (Å²) in [7, 11) is 0. The van der Waals surface area contributed by atoms with Gasteiger partial charge in [-0.1, -0.05) is 0 Å². The maximum Gasteiger partial charge on any atom is 0.0556 e. The smallest absolute Gasteiger partial charge is 0.0556 e. The van der Waals surface area contributed by atoms with Crippen molar-refractivity contribution in [1.29, 1.82) is 0 Å². The monoisotopic (exact) mass is 233 g/mol. The molecule has 3 heteroatoms. The van der Waals surface area contributed by atoms with Gasteiger partial charge in [-0.15, -0.1) is 0 Å². The van der Waals surface area contributed by atoms with Crippen LogP contribution in [-0.2, 0) is 0 Å². The highest BCUT2D eigenvalue weighted by Gasteiger charge is 2.25. The third-order valence-corrected chi connectivity index (χ3v) is 3.45. The van der Waals surface area contributed by atoms with E-state index in [-0.39, 0.29) is 5.54 Å². The van der Waals surface area contributed by atoms with E-state index in [1.807, 2.05) is 12.4 Å². The summed E-state index contributed by atoms with van der Waals surface area (Å²) in [5.41, 5.74) is 2.79. The van der Waals surface area contributed by atoms with E-state index in [1.54, 1.807) is 0 Å². The average Bonchev–Trinajstić information content (AvgIpc) is 2.28. The van der Waals surface area contributed by atoms with Gasteiger partial charge in [-0.05, 0) is 39.3 Å². The number of nitrogens with zero attached hydrogens (tertiary/aromatic N) is 3. The molecule has 1 aromatic heterocycles. The molecule has 0 amide bonds. The molecule has 94 valence electrons. The fourth-order valence-corrected chi connectivity index (χ4v) is 2.35. The Morgan fingerprint density at radius 2 is 1.71 bits per heavy atom. The van der Waals surface area contributed by atoms with Crippen molar-refractivity contribution in [3.63, 3.8) is 0 Å². The van der Waals surface area contributed by atoms with Gasteiger partial charge in [-0.2, -0.15) is 0 Å². The second kappa shape index (κ2) is 4.65. The van der Waals surface area contributed by atoms with Crippen molar-refractivity contribution in [2.24, 2.45) is 0 Å². The van der Waals surface area contributed by atoms with Crippen LogP contribution in [0.4, 0.5) is 5.69 Å². The summed E-state index contributed by atoms with van der Waals surface area (Å²) in [5, 5.41) is 0. The fourth-order valence-electron chi connectivity index (χ4n) is 2.35.